The van der Waals surface area contributed by atoms with Gasteiger partial charge in [-0.1, -0.05) is 35.9 Å². The van der Waals surface area contributed by atoms with Gasteiger partial charge in [0.25, 0.3) is 5.95 Å². The number of ether oxygens (including phenoxy) is 2. The molecule has 0 fully saturated rings. The van der Waals surface area contributed by atoms with Crippen LogP contribution in [0, 0.1) is 6.92 Å². The first-order valence-electron chi connectivity index (χ1n) is 10.5. The maximum atomic E-state index is 11.9. The van der Waals surface area contributed by atoms with Crippen molar-refractivity contribution in [3.63, 3.8) is 0 Å². The summed E-state index contributed by atoms with van der Waals surface area (Å²) in [4.78, 5) is 21.0. The monoisotopic (exact) mass is 442 g/mol. The topological polar surface area (TPSA) is 97.0 Å². The highest BCUT2D eigenvalue weighted by molar-refractivity contribution is 5.89. The molecule has 33 heavy (non-hydrogen) atoms. The molecular formula is C24H22N6O3. The average molecular weight is 442 g/mol. The van der Waals surface area contributed by atoms with Gasteiger partial charge in [-0.25, -0.2) is 14.5 Å². The Morgan fingerprint density at radius 3 is 2.67 bits per heavy atom. The summed E-state index contributed by atoms with van der Waals surface area (Å²) in [5.41, 5.74) is 3.96. The molecule has 0 radical (unpaired) electrons. The van der Waals surface area contributed by atoms with Crippen molar-refractivity contribution < 1.29 is 14.3 Å². The lowest BCUT2D eigenvalue weighted by atomic mass is 10.0. The molecule has 0 N–H and O–H groups in total. The number of carbonyl (C=O) groups excluding carboxylic acids is 1. The van der Waals surface area contributed by atoms with E-state index in [4.69, 9.17) is 9.47 Å². The van der Waals surface area contributed by atoms with Gasteiger partial charge in [0.15, 0.2) is 0 Å². The number of fused-ring (bicyclic) bond motifs is 2. The molecular weight excluding hydrogens is 420 g/mol. The molecule has 0 unspecified atom stereocenters. The smallest absolute Gasteiger partial charge is 0.341 e. The van der Waals surface area contributed by atoms with E-state index >= 15 is 0 Å². The number of methoxy groups -OCH3 is 1. The number of hydrogen-bond donors (Lipinski definition) is 0. The number of carbonyl (C=O) groups is 1. The summed E-state index contributed by atoms with van der Waals surface area (Å²) in [5.74, 6) is 0.197. The molecule has 0 bridgehead atoms. The van der Waals surface area contributed by atoms with Crippen molar-refractivity contribution in [2.24, 2.45) is 0 Å². The zero-order valence-corrected chi connectivity index (χ0v) is 18.5. The number of rotatable bonds is 6. The van der Waals surface area contributed by atoms with Gasteiger partial charge in [-0.3, -0.25) is 4.68 Å². The fourth-order valence-corrected chi connectivity index (χ4v) is 3.76. The van der Waals surface area contributed by atoms with E-state index in [1.165, 1.54) is 33.4 Å². The minimum Gasteiger partial charge on any atom is -0.479 e. The first-order valence-corrected chi connectivity index (χ1v) is 10.5. The second kappa shape index (κ2) is 8.34. The molecule has 0 saturated heterocycles. The summed E-state index contributed by atoms with van der Waals surface area (Å²) in [6, 6.07) is 12.8. The van der Waals surface area contributed by atoms with Crippen LogP contribution in [0.1, 0.15) is 28.4 Å². The highest BCUT2D eigenvalue weighted by atomic mass is 16.5. The van der Waals surface area contributed by atoms with Crippen molar-refractivity contribution in [3.8, 4) is 11.8 Å². The van der Waals surface area contributed by atoms with Crippen LogP contribution in [0.15, 0.2) is 55.0 Å². The molecule has 0 aliphatic rings. The van der Waals surface area contributed by atoms with Gasteiger partial charge in [-0.2, -0.15) is 15.2 Å². The molecule has 166 valence electrons. The van der Waals surface area contributed by atoms with Crippen molar-refractivity contribution in [2.75, 3.05) is 13.7 Å². The highest BCUT2D eigenvalue weighted by Crippen LogP contribution is 2.25. The SMILES string of the molecule is CCOC(=O)c1cnn(-c2nc(OC)c3c(cnn3Cc3ccc4cc(C)ccc4c3)n2)c1. The molecule has 0 spiro atoms. The Morgan fingerprint density at radius 2 is 1.85 bits per heavy atom. The largest absolute Gasteiger partial charge is 0.479 e. The number of aryl methyl sites for hydroxylation is 1. The van der Waals surface area contributed by atoms with E-state index in [0.717, 1.165) is 5.56 Å². The molecule has 5 aromatic rings. The summed E-state index contributed by atoms with van der Waals surface area (Å²) >= 11 is 0. The van der Waals surface area contributed by atoms with Gasteiger partial charge >= 0.3 is 5.97 Å². The lowest BCUT2D eigenvalue weighted by Gasteiger charge is -2.09. The van der Waals surface area contributed by atoms with E-state index in [1.807, 2.05) is 4.68 Å². The molecule has 2 aromatic carbocycles. The normalized spacial score (nSPS) is 11.2. The van der Waals surface area contributed by atoms with Crippen LogP contribution in [0.5, 0.6) is 5.88 Å². The van der Waals surface area contributed by atoms with Gasteiger partial charge < -0.3 is 9.47 Å². The summed E-state index contributed by atoms with van der Waals surface area (Å²) in [7, 11) is 1.55. The van der Waals surface area contributed by atoms with E-state index in [0.29, 0.717) is 29.0 Å². The Balaban J connectivity index is 1.50. The van der Waals surface area contributed by atoms with Crippen LogP contribution in [-0.2, 0) is 11.3 Å². The Hall–Kier alpha value is -4.27. The van der Waals surface area contributed by atoms with Crippen LogP contribution in [0.4, 0.5) is 0 Å². The lowest BCUT2D eigenvalue weighted by molar-refractivity contribution is 0.0526. The van der Waals surface area contributed by atoms with E-state index in [2.05, 4.69) is 63.5 Å². The highest BCUT2D eigenvalue weighted by Gasteiger charge is 2.17. The number of esters is 1. The molecule has 3 aromatic heterocycles. The quantitative estimate of drug-likeness (QED) is 0.370. The first kappa shape index (κ1) is 20.6. The van der Waals surface area contributed by atoms with Gasteiger partial charge in [0, 0.05) is 6.20 Å². The zero-order chi connectivity index (χ0) is 22.9. The Labute approximate surface area is 189 Å². The fraction of sp³-hybridized carbons (Fsp3) is 0.208. The van der Waals surface area contributed by atoms with Crippen molar-refractivity contribution in [2.45, 2.75) is 20.4 Å². The lowest BCUT2D eigenvalue weighted by Crippen LogP contribution is -2.07. The van der Waals surface area contributed by atoms with E-state index < -0.39 is 5.97 Å². The van der Waals surface area contributed by atoms with Gasteiger partial charge in [-0.05, 0) is 36.2 Å². The molecule has 0 saturated carbocycles. The van der Waals surface area contributed by atoms with Crippen molar-refractivity contribution in [1.29, 1.82) is 0 Å². The Morgan fingerprint density at radius 1 is 1.03 bits per heavy atom. The molecule has 0 aliphatic heterocycles. The second-order valence-corrected chi connectivity index (χ2v) is 7.65. The number of hydrogen-bond acceptors (Lipinski definition) is 7. The van der Waals surface area contributed by atoms with Crippen LogP contribution in [0.2, 0.25) is 0 Å². The summed E-state index contributed by atoms with van der Waals surface area (Å²) in [5, 5.41) is 11.1. The van der Waals surface area contributed by atoms with E-state index in [9.17, 15) is 4.79 Å². The maximum absolute atomic E-state index is 11.9. The number of nitrogens with zero attached hydrogens (tertiary/aromatic N) is 6. The first-order chi connectivity index (χ1) is 16.1. The van der Waals surface area contributed by atoms with Crippen LogP contribution in [0.25, 0.3) is 27.8 Å². The Bertz CT molecular complexity index is 1490. The fourth-order valence-electron chi connectivity index (χ4n) is 3.76. The predicted molar refractivity (Wildman–Crippen MR) is 123 cm³/mol. The molecule has 0 aliphatic carbocycles. The van der Waals surface area contributed by atoms with E-state index in [-0.39, 0.29) is 12.6 Å². The van der Waals surface area contributed by atoms with Crippen LogP contribution < -0.4 is 4.74 Å². The summed E-state index contributed by atoms with van der Waals surface area (Å²) in [6.45, 7) is 4.67. The molecule has 3 heterocycles. The molecule has 0 atom stereocenters. The van der Waals surface area contributed by atoms with Crippen molar-refractivity contribution >= 4 is 27.8 Å². The van der Waals surface area contributed by atoms with Crippen LogP contribution >= 0.6 is 0 Å². The zero-order valence-electron chi connectivity index (χ0n) is 18.5. The van der Waals surface area contributed by atoms with Crippen molar-refractivity contribution in [1.82, 2.24) is 29.5 Å². The molecule has 0 amide bonds. The maximum Gasteiger partial charge on any atom is 0.341 e. The third-order valence-electron chi connectivity index (χ3n) is 5.33. The Kier molecular flexibility index (Phi) is 5.21. The molecule has 5 rings (SSSR count). The summed E-state index contributed by atoms with van der Waals surface area (Å²) < 4.78 is 13.8. The standard InChI is InChI=1S/C24H22N6O3/c1-4-33-23(31)19-11-25-30(14-19)24-27-20-12-26-29(21(20)22(28-24)32-3)13-16-6-8-17-9-15(2)5-7-18(17)10-16/h5-12,14H,4,13H2,1-3H3. The number of benzene rings is 2. The summed E-state index contributed by atoms with van der Waals surface area (Å²) in [6.07, 6.45) is 4.62. The van der Waals surface area contributed by atoms with Gasteiger partial charge in [0.05, 0.1) is 38.2 Å². The van der Waals surface area contributed by atoms with Crippen LogP contribution in [0.3, 0.4) is 0 Å². The van der Waals surface area contributed by atoms with E-state index in [1.54, 1.807) is 20.2 Å². The minimum atomic E-state index is -0.449. The van der Waals surface area contributed by atoms with Gasteiger partial charge in [-0.15, -0.1) is 0 Å². The van der Waals surface area contributed by atoms with Gasteiger partial charge in [0.2, 0.25) is 5.88 Å². The predicted octanol–water partition coefficient (Wildman–Crippen LogP) is 3.71. The molecule has 9 heteroatoms. The molecule has 9 nitrogen and oxygen atoms in total. The average Bonchev–Trinajstić information content (AvgIpc) is 3.47. The second-order valence-electron chi connectivity index (χ2n) is 7.65. The van der Waals surface area contributed by atoms with Gasteiger partial charge in [0.1, 0.15) is 11.0 Å². The van der Waals surface area contributed by atoms with Crippen LogP contribution in [-0.4, -0.2) is 49.2 Å². The van der Waals surface area contributed by atoms with Crippen molar-refractivity contribution in [3.05, 3.63) is 71.7 Å². The minimum absolute atomic E-state index is 0.274. The third-order valence-corrected chi connectivity index (χ3v) is 5.33. The number of aromatic nitrogens is 6. The third kappa shape index (κ3) is 3.89.